The molecule has 130 valence electrons. The van der Waals surface area contributed by atoms with Crippen LogP contribution >= 0.6 is 0 Å². The van der Waals surface area contributed by atoms with Crippen molar-refractivity contribution < 1.29 is 0 Å². The Morgan fingerprint density at radius 1 is 1.24 bits per heavy atom. The van der Waals surface area contributed by atoms with E-state index in [0.29, 0.717) is 17.6 Å². The quantitative estimate of drug-likeness (QED) is 0.734. The van der Waals surface area contributed by atoms with E-state index in [9.17, 15) is 0 Å². The van der Waals surface area contributed by atoms with Crippen molar-refractivity contribution in [3.05, 3.63) is 24.9 Å². The number of anilines is 3. The minimum Gasteiger partial charge on any atom is -0.365 e. The molecule has 1 aliphatic rings. The molecule has 25 heavy (non-hydrogen) atoms. The monoisotopic (exact) mass is 339 g/mol. The van der Waals surface area contributed by atoms with Gasteiger partial charge in [0.15, 0.2) is 11.5 Å². The maximum atomic E-state index is 4.55. The summed E-state index contributed by atoms with van der Waals surface area (Å²) in [5.41, 5.74) is 1.59. The number of H-pyrrole nitrogens is 1. The molecule has 1 atom stereocenters. The van der Waals surface area contributed by atoms with Crippen LogP contribution in [0.15, 0.2) is 24.9 Å². The van der Waals surface area contributed by atoms with Crippen LogP contribution in [-0.4, -0.2) is 63.1 Å². The molecule has 0 amide bonds. The van der Waals surface area contributed by atoms with Crippen molar-refractivity contribution in [1.29, 1.82) is 0 Å². The van der Waals surface area contributed by atoms with E-state index >= 15 is 0 Å². The second kappa shape index (κ2) is 6.50. The van der Waals surface area contributed by atoms with E-state index in [-0.39, 0.29) is 0 Å². The van der Waals surface area contributed by atoms with Gasteiger partial charge >= 0.3 is 0 Å². The van der Waals surface area contributed by atoms with E-state index in [1.165, 1.54) is 0 Å². The van der Waals surface area contributed by atoms with Crippen molar-refractivity contribution in [3.63, 3.8) is 0 Å². The fourth-order valence-electron chi connectivity index (χ4n) is 3.13. The Hall–Kier alpha value is -2.97. The van der Waals surface area contributed by atoms with E-state index in [0.717, 1.165) is 43.1 Å². The molecule has 1 saturated heterocycles. The summed E-state index contributed by atoms with van der Waals surface area (Å²) < 4.78 is 0. The molecule has 3 aromatic rings. The molecule has 1 fully saturated rings. The van der Waals surface area contributed by atoms with Crippen LogP contribution in [0.25, 0.3) is 11.2 Å². The highest BCUT2D eigenvalue weighted by Crippen LogP contribution is 2.24. The first-order valence-corrected chi connectivity index (χ1v) is 8.36. The van der Waals surface area contributed by atoms with Crippen LogP contribution < -0.4 is 15.1 Å². The summed E-state index contributed by atoms with van der Waals surface area (Å²) in [5, 5.41) is 3.53. The summed E-state index contributed by atoms with van der Waals surface area (Å²) in [7, 11) is 3.87. The highest BCUT2D eigenvalue weighted by molar-refractivity contribution is 5.82. The van der Waals surface area contributed by atoms with Gasteiger partial charge in [-0.25, -0.2) is 19.9 Å². The van der Waals surface area contributed by atoms with Crippen molar-refractivity contribution in [2.75, 3.05) is 42.3 Å². The normalized spacial score (nSPS) is 17.7. The van der Waals surface area contributed by atoms with Gasteiger partial charge in [0, 0.05) is 39.4 Å². The summed E-state index contributed by atoms with van der Waals surface area (Å²) >= 11 is 0. The average molecular weight is 339 g/mol. The molecular formula is C16H21N9. The van der Waals surface area contributed by atoms with Crippen LogP contribution in [0.4, 0.5) is 17.6 Å². The molecule has 1 aliphatic heterocycles. The number of aromatic amines is 1. The zero-order chi connectivity index (χ0) is 17.2. The summed E-state index contributed by atoms with van der Waals surface area (Å²) in [6.45, 7) is 1.82. The molecule has 0 spiro atoms. The lowest BCUT2D eigenvalue weighted by Gasteiger charge is -2.34. The molecule has 4 heterocycles. The minimum atomic E-state index is 0.298. The Balaban J connectivity index is 1.51. The van der Waals surface area contributed by atoms with Crippen molar-refractivity contribution in [3.8, 4) is 0 Å². The topological polar surface area (TPSA) is 98.8 Å². The summed E-state index contributed by atoms with van der Waals surface area (Å²) in [5.74, 6) is 2.46. The fourth-order valence-corrected chi connectivity index (χ4v) is 3.13. The maximum Gasteiger partial charge on any atom is 0.226 e. The van der Waals surface area contributed by atoms with Gasteiger partial charge < -0.3 is 20.1 Å². The molecule has 0 aromatic carbocycles. The van der Waals surface area contributed by atoms with Crippen LogP contribution in [0.3, 0.4) is 0 Å². The SMILES string of the molecule is CN(C)c1nccc(NC2CCCN(c3ncnc4nc[nH]c34)C2)n1. The van der Waals surface area contributed by atoms with E-state index in [2.05, 4.69) is 40.1 Å². The highest BCUT2D eigenvalue weighted by Gasteiger charge is 2.23. The zero-order valence-corrected chi connectivity index (χ0v) is 14.3. The van der Waals surface area contributed by atoms with Gasteiger partial charge in [-0.2, -0.15) is 4.98 Å². The third-order valence-corrected chi connectivity index (χ3v) is 4.32. The van der Waals surface area contributed by atoms with Crippen LogP contribution in [-0.2, 0) is 0 Å². The molecule has 9 heteroatoms. The van der Waals surface area contributed by atoms with Gasteiger partial charge in [-0.15, -0.1) is 0 Å². The van der Waals surface area contributed by atoms with Crippen molar-refractivity contribution >= 4 is 28.7 Å². The molecule has 0 saturated carbocycles. The summed E-state index contributed by atoms with van der Waals surface area (Å²) in [6.07, 6.45) is 7.19. The van der Waals surface area contributed by atoms with Gasteiger partial charge in [0.2, 0.25) is 5.95 Å². The number of rotatable bonds is 4. The van der Waals surface area contributed by atoms with Gasteiger partial charge in [0.1, 0.15) is 17.7 Å². The first-order valence-electron chi connectivity index (χ1n) is 8.36. The van der Waals surface area contributed by atoms with Crippen LogP contribution in [0.5, 0.6) is 0 Å². The summed E-state index contributed by atoms with van der Waals surface area (Å²) in [6, 6.07) is 2.20. The Bertz CT molecular complexity index is 859. The maximum absolute atomic E-state index is 4.55. The lowest BCUT2D eigenvalue weighted by Crippen LogP contribution is -2.42. The number of nitrogens with zero attached hydrogens (tertiary/aromatic N) is 7. The first kappa shape index (κ1) is 15.6. The van der Waals surface area contributed by atoms with Gasteiger partial charge in [-0.1, -0.05) is 0 Å². The number of nitrogens with one attached hydrogen (secondary N) is 2. The predicted molar refractivity (Wildman–Crippen MR) is 96.9 cm³/mol. The fraction of sp³-hybridized carbons (Fsp3) is 0.438. The Morgan fingerprint density at radius 2 is 2.16 bits per heavy atom. The summed E-state index contributed by atoms with van der Waals surface area (Å²) in [4.78, 5) is 29.0. The van der Waals surface area contributed by atoms with Gasteiger partial charge in [0.25, 0.3) is 0 Å². The molecule has 0 radical (unpaired) electrons. The number of imidazole rings is 1. The number of hydrogen-bond acceptors (Lipinski definition) is 8. The van der Waals surface area contributed by atoms with Crippen LogP contribution in [0.2, 0.25) is 0 Å². The molecule has 1 unspecified atom stereocenters. The largest absolute Gasteiger partial charge is 0.365 e. The van der Waals surface area contributed by atoms with Crippen molar-refractivity contribution in [2.45, 2.75) is 18.9 Å². The molecule has 3 aromatic heterocycles. The average Bonchev–Trinajstić information content (AvgIpc) is 3.11. The van der Waals surface area contributed by atoms with Crippen LogP contribution in [0.1, 0.15) is 12.8 Å². The second-order valence-electron chi connectivity index (χ2n) is 6.36. The number of aromatic nitrogens is 6. The zero-order valence-electron chi connectivity index (χ0n) is 14.3. The Kier molecular flexibility index (Phi) is 4.04. The van der Waals surface area contributed by atoms with Crippen LogP contribution in [0, 0.1) is 0 Å². The van der Waals surface area contributed by atoms with E-state index in [4.69, 9.17) is 0 Å². The van der Waals surface area contributed by atoms with E-state index in [1.54, 1.807) is 18.9 Å². The minimum absolute atomic E-state index is 0.298. The first-order chi connectivity index (χ1) is 12.2. The lowest BCUT2D eigenvalue weighted by molar-refractivity contribution is 0.526. The van der Waals surface area contributed by atoms with Gasteiger partial charge in [0.05, 0.1) is 6.33 Å². The molecule has 4 rings (SSSR count). The molecular weight excluding hydrogens is 318 g/mol. The number of piperidine rings is 1. The molecule has 0 aliphatic carbocycles. The predicted octanol–water partition coefficient (Wildman–Crippen LogP) is 1.29. The molecule has 0 bridgehead atoms. The standard InChI is InChI=1S/C16H21N9/c1-24(2)16-17-6-5-12(23-16)22-11-4-3-7-25(8-11)15-13-14(19-9-18-13)20-10-21-15/h5-6,9-11H,3-4,7-8H2,1-2H3,(H,17,22,23)(H,18,19,20,21). The third kappa shape index (κ3) is 3.17. The third-order valence-electron chi connectivity index (χ3n) is 4.32. The van der Waals surface area contributed by atoms with E-state index < -0.39 is 0 Å². The van der Waals surface area contributed by atoms with Crippen molar-refractivity contribution in [2.24, 2.45) is 0 Å². The molecule has 2 N–H and O–H groups in total. The Labute approximate surface area is 145 Å². The van der Waals surface area contributed by atoms with Gasteiger partial charge in [-0.05, 0) is 18.9 Å². The lowest BCUT2D eigenvalue weighted by atomic mass is 10.1. The highest BCUT2D eigenvalue weighted by atomic mass is 15.3. The smallest absolute Gasteiger partial charge is 0.226 e. The molecule has 9 nitrogen and oxygen atoms in total. The van der Waals surface area contributed by atoms with E-state index in [1.807, 2.05) is 25.1 Å². The number of hydrogen-bond donors (Lipinski definition) is 2. The Morgan fingerprint density at radius 3 is 3.04 bits per heavy atom. The second-order valence-corrected chi connectivity index (χ2v) is 6.36. The van der Waals surface area contributed by atoms with Crippen molar-refractivity contribution in [1.82, 2.24) is 29.9 Å². The van der Waals surface area contributed by atoms with Gasteiger partial charge in [-0.3, -0.25) is 0 Å². The number of fused-ring (bicyclic) bond motifs is 1.